The normalized spacial score (nSPS) is 11.6. The summed E-state index contributed by atoms with van der Waals surface area (Å²) in [5, 5.41) is 0. The van der Waals surface area contributed by atoms with E-state index in [1.165, 1.54) is 18.2 Å². The van der Waals surface area contributed by atoms with Gasteiger partial charge >= 0.3 is 0 Å². The minimum Gasteiger partial charge on any atom is -0.330 e. The molecule has 108 valence electrons. The molecule has 0 spiro atoms. The number of sulfonamides is 1. The van der Waals surface area contributed by atoms with Gasteiger partial charge in [0.05, 0.1) is 5.69 Å². The number of para-hydroxylation sites is 1. The first-order valence-electron chi connectivity index (χ1n) is 6.01. The Bertz CT molecular complexity index is 691. The Morgan fingerprint density at radius 1 is 1.30 bits per heavy atom. The average Bonchev–Trinajstić information content (AvgIpc) is 2.84. The molecule has 7 heteroatoms. The van der Waals surface area contributed by atoms with Crippen LogP contribution in [0.5, 0.6) is 0 Å². The SMILES string of the molecule is Cc1cccc(F)c1NS(=O)(=O)c1ccc(CCN)s1. The van der Waals surface area contributed by atoms with Crippen LogP contribution in [0.3, 0.4) is 0 Å². The molecule has 0 aliphatic rings. The van der Waals surface area contributed by atoms with Gasteiger partial charge in [0.2, 0.25) is 0 Å². The van der Waals surface area contributed by atoms with Crippen molar-refractivity contribution in [1.29, 1.82) is 0 Å². The molecule has 0 amide bonds. The third-order valence-electron chi connectivity index (χ3n) is 2.75. The van der Waals surface area contributed by atoms with E-state index in [1.54, 1.807) is 19.1 Å². The maximum Gasteiger partial charge on any atom is 0.271 e. The average molecular weight is 314 g/mol. The van der Waals surface area contributed by atoms with Crippen molar-refractivity contribution in [2.45, 2.75) is 17.6 Å². The molecule has 1 heterocycles. The lowest BCUT2D eigenvalue weighted by atomic mass is 10.2. The second-order valence-electron chi connectivity index (χ2n) is 4.30. The van der Waals surface area contributed by atoms with Gasteiger partial charge in [0.25, 0.3) is 10.0 Å². The first-order valence-corrected chi connectivity index (χ1v) is 8.30. The van der Waals surface area contributed by atoms with Gasteiger partial charge in [0, 0.05) is 4.88 Å². The van der Waals surface area contributed by atoms with E-state index < -0.39 is 15.8 Å². The first-order chi connectivity index (χ1) is 9.44. The lowest BCUT2D eigenvalue weighted by Crippen LogP contribution is -2.13. The van der Waals surface area contributed by atoms with Gasteiger partial charge in [-0.3, -0.25) is 4.72 Å². The van der Waals surface area contributed by atoms with Crippen molar-refractivity contribution in [3.63, 3.8) is 0 Å². The largest absolute Gasteiger partial charge is 0.330 e. The second kappa shape index (κ2) is 5.90. The zero-order valence-corrected chi connectivity index (χ0v) is 12.5. The van der Waals surface area contributed by atoms with Gasteiger partial charge in [0.15, 0.2) is 0 Å². The number of nitrogens with one attached hydrogen (secondary N) is 1. The number of hydrogen-bond acceptors (Lipinski definition) is 4. The molecule has 4 nitrogen and oxygen atoms in total. The molecular weight excluding hydrogens is 299 g/mol. The van der Waals surface area contributed by atoms with Crippen LogP contribution in [0, 0.1) is 12.7 Å². The summed E-state index contributed by atoms with van der Waals surface area (Å²) in [5.74, 6) is -0.590. The van der Waals surface area contributed by atoms with E-state index in [-0.39, 0.29) is 9.90 Å². The number of thiophene rings is 1. The molecule has 0 unspecified atom stereocenters. The van der Waals surface area contributed by atoms with Gasteiger partial charge in [-0.2, -0.15) is 0 Å². The topological polar surface area (TPSA) is 72.2 Å². The van der Waals surface area contributed by atoms with Crippen LogP contribution in [0.25, 0.3) is 0 Å². The highest BCUT2D eigenvalue weighted by Crippen LogP contribution is 2.27. The number of hydrogen-bond donors (Lipinski definition) is 2. The van der Waals surface area contributed by atoms with Gasteiger partial charge < -0.3 is 5.73 Å². The predicted molar refractivity (Wildman–Crippen MR) is 79.0 cm³/mol. The van der Waals surface area contributed by atoms with Crippen molar-refractivity contribution >= 4 is 27.0 Å². The highest BCUT2D eigenvalue weighted by molar-refractivity contribution is 7.94. The highest BCUT2D eigenvalue weighted by Gasteiger charge is 2.19. The van der Waals surface area contributed by atoms with Crippen molar-refractivity contribution in [3.8, 4) is 0 Å². The molecule has 0 aliphatic carbocycles. The monoisotopic (exact) mass is 314 g/mol. The Morgan fingerprint density at radius 3 is 2.70 bits per heavy atom. The fourth-order valence-electron chi connectivity index (χ4n) is 1.73. The minimum atomic E-state index is -3.77. The molecule has 3 N–H and O–H groups in total. The van der Waals surface area contributed by atoms with Crippen LogP contribution in [-0.4, -0.2) is 15.0 Å². The minimum absolute atomic E-state index is 0.0127. The maximum atomic E-state index is 13.7. The van der Waals surface area contributed by atoms with Gasteiger partial charge in [-0.15, -0.1) is 11.3 Å². The summed E-state index contributed by atoms with van der Waals surface area (Å²) in [6.45, 7) is 2.11. The number of aryl methyl sites for hydroxylation is 1. The van der Waals surface area contributed by atoms with Crippen molar-refractivity contribution in [1.82, 2.24) is 0 Å². The maximum absolute atomic E-state index is 13.7. The molecule has 2 aromatic rings. The Balaban J connectivity index is 2.31. The third kappa shape index (κ3) is 3.17. The zero-order valence-electron chi connectivity index (χ0n) is 10.9. The smallest absolute Gasteiger partial charge is 0.271 e. The van der Waals surface area contributed by atoms with Crippen LogP contribution >= 0.6 is 11.3 Å². The number of halogens is 1. The summed E-state index contributed by atoms with van der Waals surface area (Å²) < 4.78 is 40.6. The molecule has 1 aromatic carbocycles. The fourth-order valence-corrected chi connectivity index (χ4v) is 4.24. The van der Waals surface area contributed by atoms with Crippen molar-refractivity contribution in [3.05, 3.63) is 46.6 Å². The standard InChI is InChI=1S/C13H15FN2O2S2/c1-9-3-2-4-11(14)13(9)16-20(17,18)12-6-5-10(19-12)7-8-15/h2-6,16H,7-8,15H2,1H3. The van der Waals surface area contributed by atoms with Crippen molar-refractivity contribution < 1.29 is 12.8 Å². The lowest BCUT2D eigenvalue weighted by molar-refractivity contribution is 0.600. The lowest BCUT2D eigenvalue weighted by Gasteiger charge is -2.10. The molecule has 0 saturated heterocycles. The molecular formula is C13H15FN2O2S2. The molecule has 20 heavy (non-hydrogen) atoms. The van der Waals surface area contributed by atoms with Gasteiger partial charge in [-0.1, -0.05) is 12.1 Å². The Kier molecular flexibility index (Phi) is 4.42. The molecule has 0 fully saturated rings. The molecule has 0 saturated carbocycles. The van der Waals surface area contributed by atoms with Gasteiger partial charge in [0.1, 0.15) is 10.0 Å². The van der Waals surface area contributed by atoms with E-state index in [2.05, 4.69) is 4.72 Å². The summed E-state index contributed by atoms with van der Waals surface area (Å²) in [6.07, 6.45) is 0.624. The molecule has 2 rings (SSSR count). The Hall–Kier alpha value is -1.44. The van der Waals surface area contributed by atoms with Crippen LogP contribution in [0.2, 0.25) is 0 Å². The van der Waals surface area contributed by atoms with Crippen LogP contribution in [-0.2, 0) is 16.4 Å². The van der Waals surface area contributed by atoms with Crippen LogP contribution < -0.4 is 10.5 Å². The molecule has 1 aromatic heterocycles. The van der Waals surface area contributed by atoms with E-state index in [9.17, 15) is 12.8 Å². The second-order valence-corrected chi connectivity index (χ2v) is 7.37. The molecule has 0 radical (unpaired) electrons. The summed E-state index contributed by atoms with van der Waals surface area (Å²) in [7, 11) is -3.77. The zero-order chi connectivity index (χ0) is 14.8. The summed E-state index contributed by atoms with van der Waals surface area (Å²) in [6, 6.07) is 7.63. The first kappa shape index (κ1) is 15.0. The van der Waals surface area contributed by atoms with Gasteiger partial charge in [-0.05, 0) is 43.7 Å². The van der Waals surface area contributed by atoms with Crippen LogP contribution in [0.15, 0.2) is 34.5 Å². The summed E-state index contributed by atoms with van der Waals surface area (Å²) in [4.78, 5) is 0.887. The molecule has 0 bridgehead atoms. The highest BCUT2D eigenvalue weighted by atomic mass is 32.2. The number of benzene rings is 1. The van der Waals surface area contributed by atoms with Crippen LogP contribution in [0.1, 0.15) is 10.4 Å². The summed E-state index contributed by atoms with van der Waals surface area (Å²) in [5.41, 5.74) is 5.96. The van der Waals surface area contributed by atoms with E-state index >= 15 is 0 Å². The van der Waals surface area contributed by atoms with Crippen LogP contribution in [0.4, 0.5) is 10.1 Å². The molecule has 0 aliphatic heterocycles. The van der Waals surface area contributed by atoms with Gasteiger partial charge in [-0.25, -0.2) is 12.8 Å². The van der Waals surface area contributed by atoms with E-state index in [1.807, 2.05) is 0 Å². The Morgan fingerprint density at radius 2 is 2.05 bits per heavy atom. The number of rotatable bonds is 5. The molecule has 0 atom stereocenters. The van der Waals surface area contributed by atoms with E-state index in [4.69, 9.17) is 5.73 Å². The quantitative estimate of drug-likeness (QED) is 0.890. The number of anilines is 1. The summed E-state index contributed by atoms with van der Waals surface area (Å²) >= 11 is 1.14. The third-order valence-corrected chi connectivity index (χ3v) is 5.74. The van der Waals surface area contributed by atoms with E-state index in [0.717, 1.165) is 16.2 Å². The van der Waals surface area contributed by atoms with Crippen molar-refractivity contribution in [2.75, 3.05) is 11.3 Å². The number of nitrogens with two attached hydrogens (primary N) is 1. The predicted octanol–water partition coefficient (Wildman–Crippen LogP) is 2.50. The Labute approximate surface area is 121 Å². The van der Waals surface area contributed by atoms with Crippen molar-refractivity contribution in [2.24, 2.45) is 5.73 Å². The van der Waals surface area contributed by atoms with E-state index in [0.29, 0.717) is 18.5 Å². The fraction of sp³-hybridized carbons (Fsp3) is 0.231.